The molecule has 3 N–H and O–H groups in total. The topological polar surface area (TPSA) is 58.4 Å². The summed E-state index contributed by atoms with van der Waals surface area (Å²) in [5.74, 6) is -0.273. The Morgan fingerprint density at radius 1 is 1.19 bits per heavy atom. The molecule has 27 heavy (non-hydrogen) atoms. The Bertz CT molecular complexity index is 816. The zero-order valence-electron chi connectivity index (χ0n) is 15.3. The van der Waals surface area contributed by atoms with E-state index in [0.717, 1.165) is 30.4 Å². The number of fused-ring (bicyclic) bond motifs is 1. The number of halogens is 2. The van der Waals surface area contributed by atoms with Crippen molar-refractivity contribution in [3.05, 3.63) is 71.0 Å². The highest BCUT2D eigenvalue weighted by Gasteiger charge is 2.39. The molecule has 2 amide bonds. The van der Waals surface area contributed by atoms with Gasteiger partial charge in [0.1, 0.15) is 5.82 Å². The van der Waals surface area contributed by atoms with E-state index in [1.807, 2.05) is 24.0 Å². The number of rotatable bonds is 2. The Balaban J connectivity index is 0.00000210. The van der Waals surface area contributed by atoms with Gasteiger partial charge in [0.25, 0.3) is 0 Å². The lowest BCUT2D eigenvalue weighted by molar-refractivity contribution is 0.151. The van der Waals surface area contributed by atoms with Crippen LogP contribution in [0.5, 0.6) is 0 Å². The van der Waals surface area contributed by atoms with Crippen LogP contribution in [0.4, 0.5) is 9.18 Å². The Labute approximate surface area is 165 Å². The van der Waals surface area contributed by atoms with Gasteiger partial charge in [0.05, 0.1) is 6.04 Å². The molecule has 0 saturated heterocycles. The van der Waals surface area contributed by atoms with Crippen molar-refractivity contribution in [2.45, 2.75) is 43.8 Å². The van der Waals surface area contributed by atoms with Crippen molar-refractivity contribution >= 4 is 18.4 Å². The number of hydrogen-bond donors (Lipinski definition) is 2. The maximum absolute atomic E-state index is 13.4. The molecular weight excluding hydrogens is 365 g/mol. The predicted octanol–water partition coefficient (Wildman–Crippen LogP) is 3.78. The maximum Gasteiger partial charge on any atom is 0.318 e. The molecule has 0 radical (unpaired) electrons. The first-order valence-electron chi connectivity index (χ1n) is 9.12. The van der Waals surface area contributed by atoms with Crippen molar-refractivity contribution in [1.82, 2.24) is 10.2 Å². The Kier molecular flexibility index (Phi) is 5.45. The lowest BCUT2D eigenvalue weighted by Crippen LogP contribution is -2.60. The minimum Gasteiger partial charge on any atom is -0.335 e. The van der Waals surface area contributed by atoms with Gasteiger partial charge in [-0.15, -0.1) is 12.4 Å². The summed E-state index contributed by atoms with van der Waals surface area (Å²) in [5, 5.41) is 3.12. The van der Waals surface area contributed by atoms with Crippen molar-refractivity contribution in [1.29, 1.82) is 0 Å². The van der Waals surface area contributed by atoms with Crippen LogP contribution in [0, 0.1) is 5.82 Å². The Morgan fingerprint density at radius 3 is 2.52 bits per heavy atom. The molecule has 1 saturated carbocycles. The summed E-state index contributed by atoms with van der Waals surface area (Å²) in [6.45, 7) is 2.64. The first-order valence-corrected chi connectivity index (χ1v) is 9.12. The number of benzene rings is 2. The molecule has 6 heteroatoms. The van der Waals surface area contributed by atoms with Crippen molar-refractivity contribution in [2.24, 2.45) is 5.73 Å². The zero-order chi connectivity index (χ0) is 18.3. The second-order valence-electron chi connectivity index (χ2n) is 7.80. The molecule has 0 unspecified atom stereocenters. The van der Waals surface area contributed by atoms with Crippen molar-refractivity contribution in [3.8, 4) is 0 Å². The number of nitrogens with one attached hydrogen (secondary N) is 1. The standard InChI is InChI=1S/C21H24FN3O.ClH/c1-21(23)12-17(13-21)24-20(26)25-11-10-14-4-2-3-5-18(14)19(25)15-6-8-16(22)9-7-15;/h2-9,17,19H,10-13,23H2,1H3,(H,24,26);1H/t17?,19-,21?;/m0./s1. The van der Waals surface area contributed by atoms with Crippen LogP contribution in [0.3, 0.4) is 0 Å². The predicted molar refractivity (Wildman–Crippen MR) is 106 cm³/mol. The number of carbonyl (C=O) groups excluding carboxylic acids is 1. The Hall–Kier alpha value is -2.11. The van der Waals surface area contributed by atoms with Crippen molar-refractivity contribution < 1.29 is 9.18 Å². The van der Waals surface area contributed by atoms with Crippen molar-refractivity contribution in [2.75, 3.05) is 6.54 Å². The van der Waals surface area contributed by atoms with E-state index < -0.39 is 0 Å². The zero-order valence-corrected chi connectivity index (χ0v) is 16.1. The summed E-state index contributed by atoms with van der Waals surface area (Å²) < 4.78 is 13.4. The molecule has 2 aromatic rings. The van der Waals surface area contributed by atoms with Gasteiger partial charge in [-0.2, -0.15) is 0 Å². The van der Waals surface area contributed by atoms with Gasteiger partial charge in [0.15, 0.2) is 0 Å². The van der Waals surface area contributed by atoms with Crippen LogP contribution in [0.1, 0.15) is 42.5 Å². The minimum atomic E-state index is -0.273. The molecule has 1 fully saturated rings. The van der Waals surface area contributed by atoms with E-state index in [1.165, 1.54) is 17.7 Å². The van der Waals surface area contributed by atoms with E-state index >= 15 is 0 Å². The fourth-order valence-electron chi connectivity index (χ4n) is 4.22. The summed E-state index contributed by atoms with van der Waals surface area (Å²) in [4.78, 5) is 14.8. The van der Waals surface area contributed by atoms with Crippen LogP contribution in [-0.2, 0) is 6.42 Å². The smallest absolute Gasteiger partial charge is 0.318 e. The highest BCUT2D eigenvalue weighted by Crippen LogP contribution is 2.36. The van der Waals surface area contributed by atoms with E-state index in [1.54, 1.807) is 12.1 Å². The third kappa shape index (κ3) is 3.94. The maximum atomic E-state index is 13.4. The minimum absolute atomic E-state index is 0. The summed E-state index contributed by atoms with van der Waals surface area (Å²) in [7, 11) is 0. The summed E-state index contributed by atoms with van der Waals surface area (Å²) in [5.41, 5.74) is 9.15. The fraction of sp³-hybridized carbons (Fsp3) is 0.381. The van der Waals surface area contributed by atoms with E-state index in [4.69, 9.17) is 5.73 Å². The molecule has 2 aromatic carbocycles. The molecule has 1 heterocycles. The second kappa shape index (κ2) is 7.49. The average Bonchev–Trinajstić information content (AvgIpc) is 2.60. The quantitative estimate of drug-likeness (QED) is 0.821. The number of nitrogens with two attached hydrogens (primary N) is 1. The van der Waals surface area contributed by atoms with E-state index in [2.05, 4.69) is 17.4 Å². The molecule has 1 aliphatic heterocycles. The molecule has 0 spiro atoms. The van der Waals surface area contributed by atoms with Gasteiger partial charge >= 0.3 is 6.03 Å². The van der Waals surface area contributed by atoms with Crippen molar-refractivity contribution in [3.63, 3.8) is 0 Å². The molecule has 2 aliphatic rings. The number of urea groups is 1. The highest BCUT2D eigenvalue weighted by atomic mass is 35.5. The van der Waals surface area contributed by atoms with Crippen LogP contribution in [0.25, 0.3) is 0 Å². The van der Waals surface area contributed by atoms with Gasteiger partial charge in [-0.05, 0) is 55.0 Å². The molecule has 4 rings (SSSR count). The highest BCUT2D eigenvalue weighted by molar-refractivity contribution is 5.85. The molecular formula is C21H25ClFN3O. The molecule has 0 bridgehead atoms. The number of carbonyl (C=O) groups is 1. The third-order valence-electron chi connectivity index (χ3n) is 5.48. The molecule has 144 valence electrons. The summed E-state index contributed by atoms with van der Waals surface area (Å²) in [6, 6.07) is 14.5. The number of hydrogen-bond acceptors (Lipinski definition) is 2. The van der Waals surface area contributed by atoms with Gasteiger partial charge in [0.2, 0.25) is 0 Å². The first kappa shape index (κ1) is 19.6. The van der Waals surface area contributed by atoms with Crippen LogP contribution in [0.15, 0.2) is 48.5 Å². The van der Waals surface area contributed by atoms with Gasteiger partial charge in [0, 0.05) is 18.1 Å². The fourth-order valence-corrected chi connectivity index (χ4v) is 4.22. The molecule has 4 nitrogen and oxygen atoms in total. The van der Waals surface area contributed by atoms with Crippen LogP contribution >= 0.6 is 12.4 Å². The van der Waals surface area contributed by atoms with E-state index in [9.17, 15) is 9.18 Å². The van der Waals surface area contributed by atoms with Gasteiger partial charge < -0.3 is 16.0 Å². The normalized spacial score (nSPS) is 26.4. The van der Waals surface area contributed by atoms with Gasteiger partial charge in [-0.1, -0.05) is 36.4 Å². The average molecular weight is 390 g/mol. The van der Waals surface area contributed by atoms with E-state index in [-0.39, 0.29) is 41.9 Å². The molecule has 0 aromatic heterocycles. The van der Waals surface area contributed by atoms with E-state index in [0.29, 0.717) is 6.54 Å². The Morgan fingerprint density at radius 2 is 1.85 bits per heavy atom. The molecule has 1 atom stereocenters. The van der Waals surface area contributed by atoms with Crippen LogP contribution in [0.2, 0.25) is 0 Å². The lowest BCUT2D eigenvalue weighted by Gasteiger charge is -2.44. The monoisotopic (exact) mass is 389 g/mol. The SMILES string of the molecule is CC1(N)CC(NC(=O)N2CCc3ccccc3[C@@H]2c2ccc(F)cc2)C1.Cl. The summed E-state index contributed by atoms with van der Waals surface area (Å²) >= 11 is 0. The van der Waals surface area contributed by atoms with Gasteiger partial charge in [-0.3, -0.25) is 0 Å². The second-order valence-corrected chi connectivity index (χ2v) is 7.80. The number of amides is 2. The largest absolute Gasteiger partial charge is 0.335 e. The van der Waals surface area contributed by atoms with Crippen LogP contribution in [-0.4, -0.2) is 29.1 Å². The lowest BCUT2D eigenvalue weighted by atomic mass is 9.75. The first-order chi connectivity index (χ1) is 12.4. The third-order valence-corrected chi connectivity index (χ3v) is 5.48. The molecule has 1 aliphatic carbocycles. The van der Waals surface area contributed by atoms with Gasteiger partial charge in [-0.25, -0.2) is 9.18 Å². The van der Waals surface area contributed by atoms with Crippen LogP contribution < -0.4 is 11.1 Å². The summed E-state index contributed by atoms with van der Waals surface area (Å²) in [6.07, 6.45) is 2.41. The number of nitrogens with zero attached hydrogens (tertiary/aromatic N) is 1.